The van der Waals surface area contributed by atoms with Crippen LogP contribution >= 0.6 is 0 Å². The normalized spacial score (nSPS) is 14.3. The fraction of sp³-hybridized carbons (Fsp3) is 0.318. The lowest BCUT2D eigenvalue weighted by Crippen LogP contribution is -2.56. The van der Waals surface area contributed by atoms with Crippen LogP contribution in [-0.2, 0) is 27.3 Å². The summed E-state index contributed by atoms with van der Waals surface area (Å²) < 4.78 is 0. The predicted octanol–water partition coefficient (Wildman–Crippen LogP) is 1.61. The minimum Gasteiger partial charge on any atom is -0.355 e. The van der Waals surface area contributed by atoms with Gasteiger partial charge in [-0.1, -0.05) is 60.7 Å². The van der Waals surface area contributed by atoms with Crippen LogP contribution in [0.2, 0.25) is 0 Å². The summed E-state index contributed by atoms with van der Waals surface area (Å²) in [5.41, 5.74) is 2.21. The van der Waals surface area contributed by atoms with Crippen LogP contribution in [-0.4, -0.2) is 53.7 Å². The number of piperazine rings is 1. The number of nitrogens with one attached hydrogen (secondary N) is 1. The van der Waals surface area contributed by atoms with E-state index in [0.29, 0.717) is 26.2 Å². The molecule has 1 aliphatic heterocycles. The summed E-state index contributed by atoms with van der Waals surface area (Å²) in [5, 5.41) is 2.83. The molecule has 0 spiro atoms. The van der Waals surface area contributed by atoms with Gasteiger partial charge in [-0.15, -0.1) is 0 Å². The maximum absolute atomic E-state index is 12.3. The van der Waals surface area contributed by atoms with Crippen molar-refractivity contribution in [3.05, 3.63) is 71.8 Å². The third kappa shape index (κ3) is 5.42. The van der Waals surface area contributed by atoms with Gasteiger partial charge in [0.15, 0.2) is 0 Å². The van der Waals surface area contributed by atoms with E-state index in [1.165, 1.54) is 15.4 Å². The molecule has 146 valence electrons. The van der Waals surface area contributed by atoms with Crippen molar-refractivity contribution in [2.75, 3.05) is 26.2 Å². The van der Waals surface area contributed by atoms with Gasteiger partial charge in [-0.05, 0) is 24.0 Å². The van der Waals surface area contributed by atoms with E-state index in [1.54, 1.807) is 0 Å². The second-order valence-corrected chi connectivity index (χ2v) is 6.88. The van der Waals surface area contributed by atoms with E-state index >= 15 is 0 Å². The second-order valence-electron chi connectivity index (χ2n) is 6.88. The molecule has 2 aromatic carbocycles. The molecule has 28 heavy (non-hydrogen) atoms. The van der Waals surface area contributed by atoms with Gasteiger partial charge in [0.05, 0.1) is 0 Å². The van der Waals surface area contributed by atoms with E-state index in [2.05, 4.69) is 17.4 Å². The van der Waals surface area contributed by atoms with Crippen LogP contribution < -0.4 is 5.32 Å². The molecular formula is C22H25N3O3. The zero-order valence-corrected chi connectivity index (χ0v) is 15.8. The molecule has 0 radical (unpaired) electrons. The Kier molecular flexibility index (Phi) is 6.78. The Balaban J connectivity index is 1.40. The first kappa shape index (κ1) is 19.6. The molecule has 0 unspecified atom stereocenters. The number of carbonyl (C=O) groups is 3. The minimum absolute atomic E-state index is 0.0743. The lowest BCUT2D eigenvalue weighted by Gasteiger charge is -2.33. The van der Waals surface area contributed by atoms with E-state index in [-0.39, 0.29) is 12.5 Å². The Morgan fingerprint density at radius 2 is 1.39 bits per heavy atom. The third-order valence-electron chi connectivity index (χ3n) is 4.76. The monoisotopic (exact) mass is 379 g/mol. The molecule has 2 aromatic rings. The first-order valence-corrected chi connectivity index (χ1v) is 9.56. The van der Waals surface area contributed by atoms with Crippen LogP contribution in [0.25, 0.3) is 0 Å². The molecular weight excluding hydrogens is 354 g/mol. The molecule has 1 saturated heterocycles. The van der Waals surface area contributed by atoms with Gasteiger partial charge in [-0.2, -0.15) is 0 Å². The average Bonchev–Trinajstić information content (AvgIpc) is 2.72. The van der Waals surface area contributed by atoms with Crippen molar-refractivity contribution in [2.24, 2.45) is 0 Å². The molecule has 1 N–H and O–H groups in total. The highest BCUT2D eigenvalue weighted by Crippen LogP contribution is 2.10. The van der Waals surface area contributed by atoms with Crippen LogP contribution in [0.5, 0.6) is 0 Å². The SMILES string of the molecule is O=C(CN1CCN(Cc2ccccc2)C(=O)C1=O)NCCCc1ccccc1. The number of nitrogens with zero attached hydrogens (tertiary/aromatic N) is 2. The fourth-order valence-corrected chi connectivity index (χ4v) is 3.21. The number of hydrogen-bond acceptors (Lipinski definition) is 3. The molecule has 0 aliphatic carbocycles. The quantitative estimate of drug-likeness (QED) is 0.560. The number of rotatable bonds is 8. The summed E-state index contributed by atoms with van der Waals surface area (Å²) in [6.07, 6.45) is 1.71. The average molecular weight is 379 g/mol. The van der Waals surface area contributed by atoms with Crippen LogP contribution in [0, 0.1) is 0 Å². The van der Waals surface area contributed by atoms with Crippen molar-refractivity contribution in [1.29, 1.82) is 0 Å². The Labute approximate surface area is 165 Å². The Hall–Kier alpha value is -3.15. The molecule has 1 heterocycles. The topological polar surface area (TPSA) is 69.7 Å². The molecule has 0 atom stereocenters. The maximum atomic E-state index is 12.3. The fourth-order valence-electron chi connectivity index (χ4n) is 3.21. The summed E-state index contributed by atoms with van der Waals surface area (Å²) >= 11 is 0. The first-order chi connectivity index (χ1) is 13.6. The highest BCUT2D eigenvalue weighted by Gasteiger charge is 2.33. The molecule has 6 heteroatoms. The van der Waals surface area contributed by atoms with Gasteiger partial charge in [0.25, 0.3) is 0 Å². The lowest BCUT2D eigenvalue weighted by molar-refractivity contribution is -0.157. The van der Waals surface area contributed by atoms with Crippen LogP contribution in [0.4, 0.5) is 0 Å². The van der Waals surface area contributed by atoms with Gasteiger partial charge < -0.3 is 15.1 Å². The van der Waals surface area contributed by atoms with Crippen LogP contribution in [0.15, 0.2) is 60.7 Å². The van der Waals surface area contributed by atoms with Crippen molar-refractivity contribution < 1.29 is 14.4 Å². The zero-order valence-electron chi connectivity index (χ0n) is 15.8. The van der Waals surface area contributed by atoms with E-state index in [0.717, 1.165) is 18.4 Å². The number of aryl methyl sites for hydroxylation is 1. The summed E-state index contributed by atoms with van der Waals surface area (Å²) in [7, 11) is 0. The number of hydrogen-bond donors (Lipinski definition) is 1. The largest absolute Gasteiger partial charge is 0.355 e. The van der Waals surface area contributed by atoms with Crippen molar-refractivity contribution in [2.45, 2.75) is 19.4 Å². The molecule has 0 bridgehead atoms. The van der Waals surface area contributed by atoms with Gasteiger partial charge in [0.2, 0.25) is 5.91 Å². The first-order valence-electron chi connectivity index (χ1n) is 9.56. The van der Waals surface area contributed by atoms with Gasteiger partial charge in [0.1, 0.15) is 6.54 Å². The van der Waals surface area contributed by atoms with E-state index in [4.69, 9.17) is 0 Å². The van der Waals surface area contributed by atoms with Crippen molar-refractivity contribution in [3.63, 3.8) is 0 Å². The zero-order chi connectivity index (χ0) is 19.8. The maximum Gasteiger partial charge on any atom is 0.312 e. The predicted molar refractivity (Wildman–Crippen MR) is 106 cm³/mol. The van der Waals surface area contributed by atoms with Gasteiger partial charge in [0, 0.05) is 26.2 Å². The summed E-state index contributed by atoms with van der Waals surface area (Å²) in [6.45, 7) is 1.68. The van der Waals surface area contributed by atoms with Gasteiger partial charge in [-0.3, -0.25) is 14.4 Å². The number of benzene rings is 2. The summed E-state index contributed by atoms with van der Waals surface area (Å²) in [5.74, 6) is -1.39. The molecule has 3 amide bonds. The number of amides is 3. The highest BCUT2D eigenvalue weighted by molar-refractivity contribution is 6.35. The number of carbonyl (C=O) groups excluding carboxylic acids is 3. The van der Waals surface area contributed by atoms with Crippen LogP contribution in [0.3, 0.4) is 0 Å². The Morgan fingerprint density at radius 1 is 0.821 bits per heavy atom. The van der Waals surface area contributed by atoms with Crippen molar-refractivity contribution in [1.82, 2.24) is 15.1 Å². The molecule has 3 rings (SSSR count). The molecule has 0 saturated carbocycles. The minimum atomic E-state index is -0.610. The molecule has 1 aliphatic rings. The highest BCUT2D eigenvalue weighted by atomic mass is 16.2. The smallest absolute Gasteiger partial charge is 0.312 e. The molecule has 0 aromatic heterocycles. The van der Waals surface area contributed by atoms with Gasteiger partial charge in [-0.25, -0.2) is 0 Å². The standard InChI is InChI=1S/C22H25N3O3/c26-20(23-13-7-12-18-8-3-1-4-9-18)17-25-15-14-24(21(27)22(25)28)16-19-10-5-2-6-11-19/h1-6,8-11H,7,12-17H2,(H,23,26). The van der Waals surface area contributed by atoms with Crippen LogP contribution in [0.1, 0.15) is 17.5 Å². The molecule has 6 nitrogen and oxygen atoms in total. The van der Waals surface area contributed by atoms with Crippen molar-refractivity contribution in [3.8, 4) is 0 Å². The summed E-state index contributed by atoms with van der Waals surface area (Å²) in [4.78, 5) is 39.7. The van der Waals surface area contributed by atoms with E-state index < -0.39 is 11.8 Å². The Bertz CT molecular complexity index is 808. The summed E-state index contributed by atoms with van der Waals surface area (Å²) in [6, 6.07) is 19.6. The third-order valence-corrected chi connectivity index (χ3v) is 4.76. The van der Waals surface area contributed by atoms with E-state index in [9.17, 15) is 14.4 Å². The van der Waals surface area contributed by atoms with Crippen molar-refractivity contribution >= 4 is 17.7 Å². The lowest BCUT2D eigenvalue weighted by atomic mass is 10.1. The Morgan fingerprint density at radius 3 is 2.07 bits per heavy atom. The van der Waals surface area contributed by atoms with Gasteiger partial charge >= 0.3 is 11.8 Å². The second kappa shape index (κ2) is 9.69. The van der Waals surface area contributed by atoms with E-state index in [1.807, 2.05) is 48.5 Å². The molecule has 1 fully saturated rings.